The molecule has 0 radical (unpaired) electrons. The highest BCUT2D eigenvalue weighted by Gasteiger charge is 2.28. The van der Waals surface area contributed by atoms with Gasteiger partial charge in [-0.05, 0) is 134 Å². The second kappa shape index (κ2) is 21.8. The number of benzene rings is 6. The van der Waals surface area contributed by atoms with Crippen LogP contribution in [-0.4, -0.2) is 54.6 Å². The van der Waals surface area contributed by atoms with Gasteiger partial charge >= 0.3 is 11.9 Å². The summed E-state index contributed by atoms with van der Waals surface area (Å²) >= 11 is 0. The highest BCUT2D eigenvalue weighted by molar-refractivity contribution is 5.94. The van der Waals surface area contributed by atoms with Crippen LogP contribution in [0.4, 0.5) is 0 Å². The first-order valence-electron chi connectivity index (χ1n) is 22.0. The summed E-state index contributed by atoms with van der Waals surface area (Å²) in [4.78, 5) is 25.0. The van der Waals surface area contributed by atoms with Crippen molar-refractivity contribution in [2.75, 3.05) is 26.4 Å². The molecule has 2 unspecified atom stereocenters. The molecule has 6 aromatic carbocycles. The molecule has 3 N–H and O–H groups in total. The molecule has 0 aromatic heterocycles. The summed E-state index contributed by atoms with van der Waals surface area (Å²) in [5.74, 6) is 1.56. The molecular weight excluding hydrogens is 803 g/mol. The van der Waals surface area contributed by atoms with Gasteiger partial charge in [0, 0.05) is 24.4 Å². The Morgan fingerprint density at radius 2 is 1.19 bits per heavy atom. The van der Waals surface area contributed by atoms with E-state index in [-0.39, 0.29) is 19.1 Å². The van der Waals surface area contributed by atoms with Gasteiger partial charge in [0.05, 0.1) is 5.76 Å². The number of fused-ring (bicyclic) bond motifs is 2. The van der Waals surface area contributed by atoms with Gasteiger partial charge in [-0.15, -0.1) is 0 Å². The molecule has 0 aliphatic rings. The smallest absolute Gasteiger partial charge is 0.344 e. The van der Waals surface area contributed by atoms with Crippen molar-refractivity contribution in [3.63, 3.8) is 0 Å². The largest absolute Gasteiger partial charge is 0.513 e. The van der Waals surface area contributed by atoms with Crippen LogP contribution in [0.25, 0.3) is 32.7 Å². The molecule has 0 amide bonds. The van der Waals surface area contributed by atoms with Crippen LogP contribution < -0.4 is 19.9 Å². The highest BCUT2D eigenvalue weighted by atomic mass is 16.6. The Bertz CT molecular complexity index is 2520. The third-order valence-electron chi connectivity index (χ3n) is 10.4. The lowest BCUT2D eigenvalue weighted by Crippen LogP contribution is -2.27. The summed E-state index contributed by atoms with van der Waals surface area (Å²) < 4.78 is 29.2. The highest BCUT2D eigenvalue weighted by Crippen LogP contribution is 2.46. The number of allylic oxidation sites excluding steroid dienone is 1. The first kappa shape index (κ1) is 48.7. The summed E-state index contributed by atoms with van der Waals surface area (Å²) in [7, 11) is 0. The van der Waals surface area contributed by atoms with Gasteiger partial charge in [0.1, 0.15) is 35.1 Å². The van der Waals surface area contributed by atoms with Crippen LogP contribution in [0, 0.1) is 12.8 Å². The lowest BCUT2D eigenvalue weighted by Gasteiger charge is -2.27. The van der Waals surface area contributed by atoms with Gasteiger partial charge in [-0.3, -0.25) is 0 Å². The number of rotatable bonds is 16. The van der Waals surface area contributed by atoms with Crippen molar-refractivity contribution in [3.8, 4) is 28.4 Å². The van der Waals surface area contributed by atoms with E-state index in [1.54, 1.807) is 0 Å². The molecule has 0 bridgehead atoms. The van der Waals surface area contributed by atoms with Gasteiger partial charge in [0.2, 0.25) is 0 Å². The van der Waals surface area contributed by atoms with Gasteiger partial charge in [0.25, 0.3) is 0 Å². The molecule has 0 saturated heterocycles. The van der Waals surface area contributed by atoms with E-state index in [4.69, 9.17) is 34.5 Å². The van der Waals surface area contributed by atoms with E-state index in [1.165, 1.54) is 0 Å². The Morgan fingerprint density at radius 3 is 1.67 bits per heavy atom. The van der Waals surface area contributed by atoms with Crippen molar-refractivity contribution in [2.24, 2.45) is 11.7 Å². The quantitative estimate of drug-likeness (QED) is 0.0555. The van der Waals surface area contributed by atoms with Gasteiger partial charge in [-0.2, -0.15) is 0 Å². The zero-order valence-corrected chi connectivity index (χ0v) is 39.0. The number of nitrogens with two attached hydrogens (primary N) is 1. The molecule has 0 heterocycles. The number of carbonyl (C=O) groups excluding carboxylic acids is 2. The van der Waals surface area contributed by atoms with Crippen LogP contribution in [0.15, 0.2) is 128 Å². The van der Waals surface area contributed by atoms with Crippen LogP contribution in [0.1, 0.15) is 96.4 Å². The van der Waals surface area contributed by atoms with Crippen LogP contribution in [0.3, 0.4) is 0 Å². The fraction of sp³-hybridized carbons (Fsp3) is 0.345. The third kappa shape index (κ3) is 13.8. The zero-order valence-electron chi connectivity index (χ0n) is 39.0. The predicted molar refractivity (Wildman–Crippen MR) is 259 cm³/mol. The number of esters is 2. The minimum absolute atomic E-state index is 0.195. The van der Waals surface area contributed by atoms with Crippen LogP contribution in [0.5, 0.6) is 17.2 Å². The van der Waals surface area contributed by atoms with Crippen molar-refractivity contribution >= 4 is 33.5 Å². The summed E-state index contributed by atoms with van der Waals surface area (Å²) in [5, 5.41) is 12.5. The molecule has 0 spiro atoms. The van der Waals surface area contributed by atoms with Gasteiger partial charge in [-0.25, -0.2) is 9.59 Å². The minimum atomic E-state index is -0.610. The number of hydrogen-bond donors (Lipinski definition) is 2. The summed E-state index contributed by atoms with van der Waals surface area (Å²) in [5.41, 5.74) is 11.3. The van der Waals surface area contributed by atoms with E-state index in [0.29, 0.717) is 36.3 Å². The van der Waals surface area contributed by atoms with Gasteiger partial charge in [0.15, 0.2) is 13.2 Å². The zero-order chi connectivity index (χ0) is 46.6. The molecule has 2 atom stereocenters. The van der Waals surface area contributed by atoms with E-state index < -0.39 is 23.1 Å². The SMILES string of the molecule is C=C(O)CC(C)CC.Cc1ccc2cc(OCC(=O)OC(C)(C)C)ccc2c1C(c1ccc(-c2ccccc2)cc1)c1c(OCCN)ccc2cc(OCC(=O)OC(C)(C)C)ccc12. The maximum absolute atomic E-state index is 12.5. The van der Waals surface area contributed by atoms with Crippen molar-refractivity contribution < 1.29 is 38.4 Å². The number of aryl methyl sites for hydroxylation is 1. The maximum atomic E-state index is 12.5. The van der Waals surface area contributed by atoms with Crippen LogP contribution >= 0.6 is 0 Å². The molecule has 0 saturated carbocycles. The van der Waals surface area contributed by atoms with E-state index in [2.05, 4.69) is 81.9 Å². The Kier molecular flexibility index (Phi) is 16.6. The van der Waals surface area contributed by atoms with Gasteiger partial charge < -0.3 is 34.5 Å². The van der Waals surface area contributed by atoms with Crippen molar-refractivity contribution in [3.05, 3.63) is 150 Å². The Morgan fingerprint density at radius 1 is 0.672 bits per heavy atom. The molecule has 9 nitrogen and oxygen atoms in total. The topological polar surface area (TPSA) is 127 Å². The predicted octanol–water partition coefficient (Wildman–Crippen LogP) is 12.4. The second-order valence-corrected chi connectivity index (χ2v) is 18.1. The summed E-state index contributed by atoms with van der Waals surface area (Å²) in [6.45, 7) is 21.0. The van der Waals surface area contributed by atoms with E-state index in [0.717, 1.165) is 73.5 Å². The first-order valence-corrected chi connectivity index (χ1v) is 22.0. The van der Waals surface area contributed by atoms with Crippen molar-refractivity contribution in [1.82, 2.24) is 0 Å². The minimum Gasteiger partial charge on any atom is -0.513 e. The molecule has 0 aliphatic carbocycles. The molecule has 338 valence electrons. The van der Waals surface area contributed by atoms with E-state index >= 15 is 0 Å². The fourth-order valence-electron chi connectivity index (χ4n) is 7.46. The lowest BCUT2D eigenvalue weighted by molar-refractivity contribution is -0.158. The molecule has 64 heavy (non-hydrogen) atoms. The molecule has 6 aromatic rings. The fourth-order valence-corrected chi connectivity index (χ4v) is 7.46. The van der Waals surface area contributed by atoms with Crippen LogP contribution in [-0.2, 0) is 19.1 Å². The van der Waals surface area contributed by atoms with E-state index in [1.807, 2.05) is 102 Å². The monoisotopic (exact) mass is 867 g/mol. The third-order valence-corrected chi connectivity index (χ3v) is 10.4. The standard InChI is InChI=1S/C48H51NO7.C7H14O/c1-31-13-14-35-27-37(53-29-42(50)55-47(2,3)4)20-22-39(35)44(31)45(34-17-15-33(16-18-34)32-11-9-8-10-12-32)46-40-23-21-38(54-30-43(51)56-48(5,6)7)28-36(40)19-24-41(46)52-26-25-49;1-4-6(2)5-7(3)8/h8-24,27-28,45H,25-26,29-30,49H2,1-7H3;6,8H,3-5H2,1-2H3. The summed E-state index contributed by atoms with van der Waals surface area (Å²) in [6, 6.07) is 39.0. The van der Waals surface area contributed by atoms with Crippen LogP contribution in [0.2, 0.25) is 0 Å². The van der Waals surface area contributed by atoms with Crippen molar-refractivity contribution in [2.45, 2.75) is 92.3 Å². The number of ether oxygens (including phenoxy) is 5. The maximum Gasteiger partial charge on any atom is 0.344 e. The second-order valence-electron chi connectivity index (χ2n) is 18.1. The average Bonchev–Trinajstić information content (AvgIpc) is 3.24. The summed E-state index contributed by atoms with van der Waals surface area (Å²) in [6.07, 6.45) is 1.86. The van der Waals surface area contributed by atoms with Gasteiger partial charge in [-0.1, -0.05) is 112 Å². The van der Waals surface area contributed by atoms with Crippen molar-refractivity contribution in [1.29, 1.82) is 0 Å². The molecule has 9 heteroatoms. The Hall–Kier alpha value is -6.32. The number of aliphatic hydroxyl groups is 1. The molecule has 0 fully saturated rings. The number of aliphatic hydroxyl groups excluding tert-OH is 1. The lowest BCUT2D eigenvalue weighted by atomic mass is 9.78. The molecule has 6 rings (SSSR count). The average molecular weight is 868 g/mol. The molecule has 0 aliphatic heterocycles. The Labute approximate surface area is 379 Å². The first-order chi connectivity index (χ1) is 30.3. The Balaban J connectivity index is 0.000000878. The molecular formula is C55H65NO8. The number of carbonyl (C=O) groups is 2. The number of hydrogen-bond acceptors (Lipinski definition) is 9. The van der Waals surface area contributed by atoms with E-state index in [9.17, 15) is 9.59 Å². The normalized spacial score (nSPS) is 12.4.